The summed E-state index contributed by atoms with van der Waals surface area (Å²) in [5.41, 5.74) is 1.31. The van der Waals surface area contributed by atoms with E-state index in [4.69, 9.17) is 0 Å². The van der Waals surface area contributed by atoms with Gasteiger partial charge in [-0.1, -0.05) is 12.8 Å². The first kappa shape index (κ1) is 14.0. The Bertz CT molecular complexity index is 582. The van der Waals surface area contributed by atoms with Crippen molar-refractivity contribution in [3.63, 3.8) is 0 Å². The summed E-state index contributed by atoms with van der Waals surface area (Å²) in [6.45, 7) is 0. The third kappa shape index (κ3) is 2.37. The van der Waals surface area contributed by atoms with Crippen LogP contribution >= 0.6 is 0 Å². The highest BCUT2D eigenvalue weighted by atomic mass is 16.1. The molecular weight excluding hydrogens is 272 g/mol. The van der Waals surface area contributed by atoms with Gasteiger partial charge in [0.2, 0.25) is 0 Å². The summed E-state index contributed by atoms with van der Waals surface area (Å²) in [5, 5.41) is 0. The number of piperidine rings is 1. The highest BCUT2D eigenvalue weighted by Gasteiger charge is 2.48. The number of ketones is 1. The predicted molar refractivity (Wildman–Crippen MR) is 86.3 cm³/mol. The van der Waals surface area contributed by atoms with Crippen molar-refractivity contribution in [2.24, 2.45) is 5.92 Å². The minimum atomic E-state index is 0.00565. The molecule has 1 aromatic heterocycles. The summed E-state index contributed by atoms with van der Waals surface area (Å²) >= 11 is 0. The first-order valence-electron chi connectivity index (χ1n) is 8.65. The fourth-order valence-electron chi connectivity index (χ4n) is 4.94. The van der Waals surface area contributed by atoms with Gasteiger partial charge in [0.05, 0.1) is 5.54 Å². The molecule has 1 saturated heterocycles. The Morgan fingerprint density at radius 2 is 2.00 bits per heavy atom. The lowest BCUT2D eigenvalue weighted by atomic mass is 9.67. The van der Waals surface area contributed by atoms with Gasteiger partial charge in [-0.2, -0.15) is 0 Å². The molecule has 0 radical (unpaired) electrons. The van der Waals surface area contributed by atoms with E-state index >= 15 is 0 Å². The Labute approximate surface area is 132 Å². The van der Waals surface area contributed by atoms with Crippen molar-refractivity contribution >= 4 is 5.78 Å². The van der Waals surface area contributed by atoms with Crippen molar-refractivity contribution in [2.45, 2.75) is 62.9 Å². The van der Waals surface area contributed by atoms with Crippen LogP contribution in [0.4, 0.5) is 0 Å². The van der Waals surface area contributed by atoms with Crippen LogP contribution in [0.3, 0.4) is 0 Å². The summed E-state index contributed by atoms with van der Waals surface area (Å²) < 4.78 is 0. The topological polar surface area (TPSA) is 33.2 Å². The highest BCUT2D eigenvalue weighted by Crippen LogP contribution is 2.46. The van der Waals surface area contributed by atoms with Crippen LogP contribution in [0.2, 0.25) is 0 Å². The maximum Gasteiger partial charge on any atom is 0.159 e. The molecule has 0 spiro atoms. The van der Waals surface area contributed by atoms with E-state index in [0.717, 1.165) is 18.8 Å². The van der Waals surface area contributed by atoms with E-state index in [2.05, 4.69) is 28.2 Å². The second kappa shape index (κ2) is 5.53. The van der Waals surface area contributed by atoms with Gasteiger partial charge in [0.1, 0.15) is 0 Å². The number of nitrogens with zero attached hydrogens (tertiary/aromatic N) is 2. The minimum Gasteiger partial charge on any atom is -0.368 e. The van der Waals surface area contributed by atoms with E-state index in [9.17, 15) is 4.79 Å². The predicted octanol–water partition coefficient (Wildman–Crippen LogP) is 3.50. The van der Waals surface area contributed by atoms with Gasteiger partial charge in [0.25, 0.3) is 0 Å². The number of rotatable bonds is 2. The maximum absolute atomic E-state index is 12.1. The van der Waals surface area contributed by atoms with Gasteiger partial charge in [0, 0.05) is 31.1 Å². The zero-order valence-corrected chi connectivity index (χ0v) is 13.1. The molecule has 4 rings (SSSR count). The van der Waals surface area contributed by atoms with Gasteiger partial charge < -0.3 is 4.90 Å². The Balaban J connectivity index is 1.67. The number of carbonyl (C=O) groups excluding carboxylic acids is 1. The Morgan fingerprint density at radius 3 is 2.86 bits per heavy atom. The zero-order chi connectivity index (χ0) is 15.0. The number of hydrogen-bond acceptors (Lipinski definition) is 3. The molecule has 3 aliphatic rings. The Hall–Kier alpha value is -1.64. The monoisotopic (exact) mass is 296 g/mol. The summed E-state index contributed by atoms with van der Waals surface area (Å²) in [6, 6.07) is 4.85. The van der Waals surface area contributed by atoms with Crippen molar-refractivity contribution < 1.29 is 4.79 Å². The van der Waals surface area contributed by atoms with Crippen molar-refractivity contribution in [1.29, 1.82) is 0 Å². The smallest absolute Gasteiger partial charge is 0.159 e. The molecule has 0 amide bonds. The standard InChI is InChI=1S/C19H24N2O/c22-17-8-12-21-18-4-2-1-3-16(18)5-9-19(21,14-17)13-15-6-10-20-11-7-15/h6-8,10-12,16,18H,1-5,9,13-14H2. The van der Waals surface area contributed by atoms with Crippen LogP contribution in [0.1, 0.15) is 50.5 Å². The van der Waals surface area contributed by atoms with E-state index in [-0.39, 0.29) is 5.54 Å². The summed E-state index contributed by atoms with van der Waals surface area (Å²) in [6.07, 6.45) is 17.1. The first-order valence-corrected chi connectivity index (χ1v) is 8.65. The Morgan fingerprint density at radius 1 is 1.18 bits per heavy atom. The van der Waals surface area contributed by atoms with Crippen molar-refractivity contribution in [3.05, 3.63) is 42.4 Å². The minimum absolute atomic E-state index is 0.00565. The molecule has 1 saturated carbocycles. The maximum atomic E-state index is 12.1. The fraction of sp³-hybridized carbons (Fsp3) is 0.579. The third-order valence-corrected chi connectivity index (χ3v) is 5.96. The molecule has 3 heterocycles. The van der Waals surface area contributed by atoms with Gasteiger partial charge in [-0.05, 0) is 61.8 Å². The number of hydrogen-bond donors (Lipinski definition) is 0. The van der Waals surface area contributed by atoms with E-state index in [0.29, 0.717) is 18.2 Å². The number of fused-ring (bicyclic) bond motifs is 3. The van der Waals surface area contributed by atoms with E-state index in [1.807, 2.05) is 18.5 Å². The van der Waals surface area contributed by atoms with Gasteiger partial charge in [0.15, 0.2) is 5.78 Å². The molecule has 2 fully saturated rings. The summed E-state index contributed by atoms with van der Waals surface area (Å²) in [4.78, 5) is 18.9. The summed E-state index contributed by atoms with van der Waals surface area (Å²) in [5.74, 6) is 1.12. The largest absolute Gasteiger partial charge is 0.368 e. The molecule has 0 N–H and O–H groups in total. The van der Waals surface area contributed by atoms with Crippen molar-refractivity contribution in [1.82, 2.24) is 9.88 Å². The third-order valence-electron chi connectivity index (χ3n) is 5.96. The first-order chi connectivity index (χ1) is 10.8. The number of allylic oxidation sites excluding steroid dienone is 1. The van der Waals surface area contributed by atoms with Crippen LogP contribution in [0.5, 0.6) is 0 Å². The van der Waals surface area contributed by atoms with Crippen LogP contribution in [0.15, 0.2) is 36.8 Å². The van der Waals surface area contributed by atoms with Gasteiger partial charge in [-0.25, -0.2) is 0 Å². The quantitative estimate of drug-likeness (QED) is 0.837. The molecular formula is C19H24N2O. The van der Waals surface area contributed by atoms with Crippen LogP contribution in [0, 0.1) is 5.92 Å². The van der Waals surface area contributed by atoms with E-state index in [1.54, 1.807) is 0 Å². The molecule has 3 nitrogen and oxygen atoms in total. The zero-order valence-electron chi connectivity index (χ0n) is 13.1. The molecule has 22 heavy (non-hydrogen) atoms. The number of pyridine rings is 1. The van der Waals surface area contributed by atoms with Crippen molar-refractivity contribution in [2.75, 3.05) is 0 Å². The SMILES string of the molecule is O=C1C=CN2C3CCCCC3CCC2(Cc2ccncc2)C1. The van der Waals surface area contributed by atoms with Gasteiger partial charge in [-0.3, -0.25) is 9.78 Å². The van der Waals surface area contributed by atoms with E-state index < -0.39 is 0 Å². The number of aromatic nitrogens is 1. The normalized spacial score (nSPS) is 34.2. The van der Waals surface area contributed by atoms with E-state index in [1.165, 1.54) is 37.7 Å². The summed E-state index contributed by atoms with van der Waals surface area (Å²) in [7, 11) is 0. The average Bonchev–Trinajstić information content (AvgIpc) is 2.55. The molecule has 1 aromatic rings. The lowest BCUT2D eigenvalue weighted by Gasteiger charge is -2.57. The molecule has 0 bridgehead atoms. The number of carbonyl (C=O) groups is 1. The highest BCUT2D eigenvalue weighted by molar-refractivity contribution is 5.91. The average molecular weight is 296 g/mol. The van der Waals surface area contributed by atoms with Gasteiger partial charge in [-0.15, -0.1) is 0 Å². The molecule has 3 atom stereocenters. The van der Waals surface area contributed by atoms with Crippen LogP contribution in [-0.4, -0.2) is 27.2 Å². The van der Waals surface area contributed by atoms with Crippen LogP contribution in [-0.2, 0) is 11.2 Å². The Kier molecular flexibility index (Phi) is 3.51. The molecule has 3 heteroatoms. The molecule has 2 aliphatic heterocycles. The van der Waals surface area contributed by atoms with Gasteiger partial charge >= 0.3 is 0 Å². The fourth-order valence-corrected chi connectivity index (χ4v) is 4.94. The lowest BCUT2D eigenvalue weighted by Crippen LogP contribution is -2.60. The lowest BCUT2D eigenvalue weighted by molar-refractivity contribution is -0.121. The molecule has 3 unspecified atom stereocenters. The second-order valence-corrected chi connectivity index (χ2v) is 7.27. The molecule has 0 aromatic carbocycles. The molecule has 116 valence electrons. The van der Waals surface area contributed by atoms with Crippen LogP contribution in [0.25, 0.3) is 0 Å². The van der Waals surface area contributed by atoms with Crippen LogP contribution < -0.4 is 0 Å². The molecule has 1 aliphatic carbocycles. The van der Waals surface area contributed by atoms with Crippen molar-refractivity contribution in [3.8, 4) is 0 Å². The second-order valence-electron chi connectivity index (χ2n) is 7.27.